The van der Waals surface area contributed by atoms with Crippen LogP contribution in [0.15, 0.2) is 10.9 Å². The fourth-order valence-electron chi connectivity index (χ4n) is 3.15. The SMILES string of the molecule is Nc1nc(N)c2c(n1)OC1(CCN(Cc3cscn3)C1)C2. The van der Waals surface area contributed by atoms with Gasteiger partial charge < -0.3 is 16.2 Å². The molecule has 4 N–H and O–H groups in total. The lowest BCUT2D eigenvalue weighted by Gasteiger charge is -2.23. The standard InChI is InChI=1S/C13H16N6OS/c14-10-9-3-13(20-11(9)18-12(15)17-10)1-2-19(6-13)4-8-5-21-7-16-8/h5,7H,1-4,6H2,(H4,14,15,17,18). The third kappa shape index (κ3) is 2.20. The average molecular weight is 304 g/mol. The molecule has 21 heavy (non-hydrogen) atoms. The first-order chi connectivity index (χ1) is 10.1. The van der Waals surface area contributed by atoms with E-state index in [9.17, 15) is 0 Å². The molecule has 4 rings (SSSR count). The van der Waals surface area contributed by atoms with E-state index in [0.717, 1.165) is 43.7 Å². The predicted octanol–water partition coefficient (Wildman–Crippen LogP) is 0.677. The number of nitrogens with two attached hydrogens (primary N) is 2. The number of nitrogen functional groups attached to an aromatic ring is 2. The summed E-state index contributed by atoms with van der Waals surface area (Å²) >= 11 is 1.62. The van der Waals surface area contributed by atoms with Gasteiger partial charge in [-0.05, 0) is 0 Å². The lowest BCUT2D eigenvalue weighted by Crippen LogP contribution is -2.37. The van der Waals surface area contributed by atoms with Crippen LogP contribution in [0.2, 0.25) is 0 Å². The van der Waals surface area contributed by atoms with Crippen molar-refractivity contribution in [1.82, 2.24) is 19.9 Å². The van der Waals surface area contributed by atoms with Crippen LogP contribution in [0, 0.1) is 0 Å². The van der Waals surface area contributed by atoms with Gasteiger partial charge in [0.1, 0.15) is 11.4 Å². The summed E-state index contributed by atoms with van der Waals surface area (Å²) in [4.78, 5) is 14.9. The number of anilines is 2. The minimum atomic E-state index is -0.241. The van der Waals surface area contributed by atoms with E-state index in [1.165, 1.54) is 0 Å². The van der Waals surface area contributed by atoms with Crippen molar-refractivity contribution < 1.29 is 4.74 Å². The molecule has 2 aliphatic heterocycles. The van der Waals surface area contributed by atoms with Gasteiger partial charge in [0.05, 0.1) is 16.8 Å². The maximum atomic E-state index is 6.10. The molecule has 0 radical (unpaired) electrons. The number of rotatable bonds is 2. The quantitative estimate of drug-likeness (QED) is 0.840. The second kappa shape index (κ2) is 4.54. The fourth-order valence-corrected chi connectivity index (χ4v) is 3.70. The summed E-state index contributed by atoms with van der Waals surface area (Å²) in [6.45, 7) is 2.68. The second-order valence-corrected chi connectivity index (χ2v) is 6.37. The van der Waals surface area contributed by atoms with Gasteiger partial charge in [0.25, 0.3) is 0 Å². The number of hydrogen-bond donors (Lipinski definition) is 2. The van der Waals surface area contributed by atoms with Gasteiger partial charge in [0.2, 0.25) is 11.8 Å². The third-order valence-electron chi connectivity index (χ3n) is 4.10. The predicted molar refractivity (Wildman–Crippen MR) is 79.9 cm³/mol. The molecular weight excluding hydrogens is 288 g/mol. The van der Waals surface area contributed by atoms with Crippen molar-refractivity contribution in [3.8, 4) is 5.88 Å². The molecule has 0 saturated carbocycles. The topological polar surface area (TPSA) is 103 Å². The first kappa shape index (κ1) is 12.8. The Morgan fingerprint density at radius 2 is 2.29 bits per heavy atom. The smallest absolute Gasteiger partial charge is 0.225 e. The zero-order valence-corrected chi connectivity index (χ0v) is 12.3. The van der Waals surface area contributed by atoms with Crippen molar-refractivity contribution in [3.05, 3.63) is 22.1 Å². The molecule has 1 atom stereocenters. The Bertz CT molecular complexity index is 676. The van der Waals surface area contributed by atoms with Crippen LogP contribution in [0.1, 0.15) is 17.7 Å². The largest absolute Gasteiger partial charge is 0.469 e. The molecule has 1 spiro atoms. The average Bonchev–Trinajstić information content (AvgIpc) is 3.12. The number of likely N-dealkylation sites (tertiary alicyclic amines) is 1. The van der Waals surface area contributed by atoms with Gasteiger partial charge in [-0.3, -0.25) is 4.90 Å². The van der Waals surface area contributed by atoms with E-state index in [-0.39, 0.29) is 11.5 Å². The van der Waals surface area contributed by atoms with Crippen molar-refractivity contribution in [3.63, 3.8) is 0 Å². The first-order valence-electron chi connectivity index (χ1n) is 6.84. The molecule has 1 saturated heterocycles. The van der Waals surface area contributed by atoms with Gasteiger partial charge in [-0.1, -0.05) is 0 Å². The highest BCUT2D eigenvalue weighted by Gasteiger charge is 2.46. The Labute approximate surface area is 126 Å². The molecular formula is C13H16N6OS. The van der Waals surface area contributed by atoms with Gasteiger partial charge in [-0.25, -0.2) is 4.98 Å². The minimum absolute atomic E-state index is 0.167. The number of nitrogens with zero attached hydrogens (tertiary/aromatic N) is 4. The van der Waals surface area contributed by atoms with Crippen molar-refractivity contribution >= 4 is 23.1 Å². The third-order valence-corrected chi connectivity index (χ3v) is 4.73. The number of ether oxygens (including phenoxy) is 1. The van der Waals surface area contributed by atoms with E-state index in [1.54, 1.807) is 11.3 Å². The summed E-state index contributed by atoms with van der Waals surface area (Å²) in [5, 5.41) is 2.08. The maximum absolute atomic E-state index is 6.10. The van der Waals surface area contributed by atoms with Crippen molar-refractivity contribution in [2.24, 2.45) is 0 Å². The normalized spacial score (nSPS) is 24.4. The molecule has 7 nitrogen and oxygen atoms in total. The van der Waals surface area contributed by atoms with Gasteiger partial charge >= 0.3 is 0 Å². The van der Waals surface area contributed by atoms with E-state index < -0.39 is 0 Å². The van der Waals surface area contributed by atoms with E-state index in [4.69, 9.17) is 16.2 Å². The van der Waals surface area contributed by atoms with E-state index in [2.05, 4.69) is 25.2 Å². The van der Waals surface area contributed by atoms with Crippen molar-refractivity contribution in [2.45, 2.75) is 25.0 Å². The molecule has 2 aromatic heterocycles. The van der Waals surface area contributed by atoms with Crippen LogP contribution in [-0.2, 0) is 13.0 Å². The molecule has 1 unspecified atom stereocenters. The summed E-state index contributed by atoms with van der Waals surface area (Å²) in [6.07, 6.45) is 1.70. The summed E-state index contributed by atoms with van der Waals surface area (Å²) < 4.78 is 6.10. The molecule has 8 heteroatoms. The zero-order valence-electron chi connectivity index (χ0n) is 11.5. The van der Waals surface area contributed by atoms with Gasteiger partial charge in [-0.15, -0.1) is 11.3 Å². The molecule has 0 bridgehead atoms. The van der Waals surface area contributed by atoms with Crippen LogP contribution in [-0.4, -0.2) is 38.5 Å². The van der Waals surface area contributed by atoms with Crippen molar-refractivity contribution in [1.29, 1.82) is 0 Å². The lowest BCUT2D eigenvalue weighted by molar-refractivity contribution is 0.0963. The van der Waals surface area contributed by atoms with E-state index in [1.807, 2.05) is 5.51 Å². The van der Waals surface area contributed by atoms with E-state index >= 15 is 0 Å². The zero-order chi connectivity index (χ0) is 14.4. The molecule has 0 amide bonds. The minimum Gasteiger partial charge on any atom is -0.469 e. The van der Waals surface area contributed by atoms with Crippen LogP contribution >= 0.6 is 11.3 Å². The maximum Gasteiger partial charge on any atom is 0.225 e. The first-order valence-corrected chi connectivity index (χ1v) is 7.78. The number of thiazole rings is 1. The number of hydrogen-bond acceptors (Lipinski definition) is 8. The monoisotopic (exact) mass is 304 g/mol. The molecule has 2 aliphatic rings. The van der Waals surface area contributed by atoms with E-state index in [0.29, 0.717) is 11.7 Å². The summed E-state index contributed by atoms with van der Waals surface area (Å²) in [5.41, 5.74) is 15.2. The van der Waals surface area contributed by atoms with Crippen LogP contribution in [0.4, 0.5) is 11.8 Å². The molecule has 0 aliphatic carbocycles. The van der Waals surface area contributed by atoms with Gasteiger partial charge in [-0.2, -0.15) is 9.97 Å². The van der Waals surface area contributed by atoms with Gasteiger partial charge in [0.15, 0.2) is 0 Å². The molecule has 2 aromatic rings. The van der Waals surface area contributed by atoms with Crippen LogP contribution in [0.3, 0.4) is 0 Å². The Morgan fingerprint density at radius 3 is 3.10 bits per heavy atom. The second-order valence-electron chi connectivity index (χ2n) is 5.65. The van der Waals surface area contributed by atoms with Crippen LogP contribution in [0.25, 0.3) is 0 Å². The summed E-state index contributed by atoms with van der Waals surface area (Å²) in [5.74, 6) is 1.16. The Kier molecular flexibility index (Phi) is 2.76. The molecule has 0 aromatic carbocycles. The summed E-state index contributed by atoms with van der Waals surface area (Å²) in [7, 11) is 0. The van der Waals surface area contributed by atoms with Crippen LogP contribution in [0.5, 0.6) is 5.88 Å². The lowest BCUT2D eigenvalue weighted by atomic mass is 9.97. The highest BCUT2D eigenvalue weighted by Crippen LogP contribution is 2.41. The Morgan fingerprint density at radius 1 is 1.38 bits per heavy atom. The Balaban J connectivity index is 1.52. The van der Waals surface area contributed by atoms with Crippen LogP contribution < -0.4 is 16.2 Å². The highest BCUT2D eigenvalue weighted by atomic mass is 32.1. The Hall–Kier alpha value is -1.93. The van der Waals surface area contributed by atoms with Gasteiger partial charge in [0, 0.05) is 37.9 Å². The highest BCUT2D eigenvalue weighted by molar-refractivity contribution is 7.07. The van der Waals surface area contributed by atoms with Crippen molar-refractivity contribution in [2.75, 3.05) is 24.6 Å². The molecule has 4 heterocycles. The molecule has 110 valence electrons. The number of aromatic nitrogens is 3. The fraction of sp³-hybridized carbons (Fsp3) is 0.462. The summed E-state index contributed by atoms with van der Waals surface area (Å²) in [6, 6.07) is 0. The number of fused-ring (bicyclic) bond motifs is 1. The molecule has 1 fully saturated rings.